The summed E-state index contributed by atoms with van der Waals surface area (Å²) in [5, 5.41) is 12.9. The molecule has 0 spiro atoms. The molecule has 3 aromatic rings. The van der Waals surface area contributed by atoms with E-state index in [-0.39, 0.29) is 6.04 Å². The van der Waals surface area contributed by atoms with E-state index in [0.29, 0.717) is 0 Å². The van der Waals surface area contributed by atoms with Gasteiger partial charge in [0.05, 0.1) is 19.7 Å². The third-order valence-electron chi connectivity index (χ3n) is 5.88. The van der Waals surface area contributed by atoms with Gasteiger partial charge in [0.15, 0.2) is 6.04 Å². The van der Waals surface area contributed by atoms with Gasteiger partial charge in [-0.05, 0) is 34.5 Å². The lowest BCUT2D eigenvalue weighted by molar-refractivity contribution is -1.02. The van der Waals surface area contributed by atoms with Crippen LogP contribution in [-0.4, -0.2) is 60.5 Å². The number of para-hydroxylation sites is 1. The normalized spacial score (nSPS) is 20.3. The first-order valence-electron chi connectivity index (χ1n) is 10.3. The Morgan fingerprint density at radius 2 is 1.72 bits per heavy atom. The maximum absolute atomic E-state index is 5.71. The molecule has 1 aromatic heterocycles. The first kappa shape index (κ1) is 19.5. The lowest BCUT2D eigenvalue weighted by Gasteiger charge is -2.33. The van der Waals surface area contributed by atoms with Gasteiger partial charge >= 0.3 is 0 Å². The second-order valence-corrected chi connectivity index (χ2v) is 7.79. The zero-order chi connectivity index (χ0) is 20.1. The number of hydrogen-bond donors (Lipinski definition) is 2. The Labute approximate surface area is 171 Å². The molecule has 7 nitrogen and oxygen atoms in total. The first-order chi connectivity index (χ1) is 14.3. The molecule has 29 heavy (non-hydrogen) atoms. The molecule has 4 rings (SSSR count). The van der Waals surface area contributed by atoms with Crippen molar-refractivity contribution >= 4 is 0 Å². The highest BCUT2D eigenvalue weighted by molar-refractivity contribution is 5.37. The van der Waals surface area contributed by atoms with E-state index < -0.39 is 0 Å². The molecule has 1 fully saturated rings. The Hall–Kier alpha value is -2.77. The van der Waals surface area contributed by atoms with Crippen molar-refractivity contribution in [1.82, 2.24) is 20.2 Å². The van der Waals surface area contributed by atoms with Crippen LogP contribution in [0.3, 0.4) is 0 Å². The van der Waals surface area contributed by atoms with Crippen LogP contribution in [0.5, 0.6) is 5.75 Å². The minimum Gasteiger partial charge on any atom is -0.496 e. The highest BCUT2D eigenvalue weighted by Crippen LogP contribution is 2.26. The molecule has 2 heterocycles. The van der Waals surface area contributed by atoms with E-state index >= 15 is 0 Å². The average Bonchev–Trinajstić information content (AvgIpc) is 3.23. The zero-order valence-electron chi connectivity index (χ0n) is 17.2. The van der Waals surface area contributed by atoms with Gasteiger partial charge in [-0.15, -0.1) is 5.10 Å². The molecule has 0 radical (unpaired) electrons. The molecule has 7 heteroatoms. The van der Waals surface area contributed by atoms with Crippen molar-refractivity contribution in [3.8, 4) is 5.75 Å². The average molecular weight is 395 g/mol. The second kappa shape index (κ2) is 9.15. The summed E-state index contributed by atoms with van der Waals surface area (Å²) in [6, 6.07) is 18.8. The minimum absolute atomic E-state index is 0.0602. The molecule has 0 aliphatic carbocycles. The van der Waals surface area contributed by atoms with E-state index in [4.69, 9.17) is 4.74 Å². The fourth-order valence-electron chi connectivity index (χ4n) is 4.19. The van der Waals surface area contributed by atoms with Crippen molar-refractivity contribution in [2.45, 2.75) is 19.0 Å². The van der Waals surface area contributed by atoms with Crippen LogP contribution in [0.4, 0.5) is 0 Å². The van der Waals surface area contributed by atoms with E-state index in [2.05, 4.69) is 59.0 Å². The number of benzene rings is 2. The molecular weight excluding hydrogens is 364 g/mol. The van der Waals surface area contributed by atoms with Crippen molar-refractivity contribution in [3.63, 3.8) is 0 Å². The topological polar surface area (TPSA) is 61.7 Å². The largest absolute Gasteiger partial charge is 0.496 e. The van der Waals surface area contributed by atoms with Gasteiger partial charge in [0.1, 0.15) is 31.9 Å². The summed E-state index contributed by atoms with van der Waals surface area (Å²) >= 11 is 0. The number of nitrogens with zero attached hydrogens (tertiary/aromatic N) is 4. The number of aromatic nitrogens is 4. The number of methoxy groups -OCH3 is 1. The highest BCUT2D eigenvalue weighted by atomic mass is 16.5. The fraction of sp³-hybridized carbons (Fsp3) is 0.409. The smallest absolute Gasteiger partial charge is 0.214 e. The Bertz CT molecular complexity index is 904. The Balaban J connectivity index is 1.66. The fourth-order valence-corrected chi connectivity index (χ4v) is 4.19. The van der Waals surface area contributed by atoms with E-state index in [1.807, 2.05) is 22.9 Å². The molecule has 1 atom stereocenters. The third kappa shape index (κ3) is 4.46. The molecule has 1 saturated heterocycles. The number of ether oxygens (including phenoxy) is 1. The minimum atomic E-state index is 0.0602. The summed E-state index contributed by atoms with van der Waals surface area (Å²) in [4.78, 5) is 3.08. The van der Waals surface area contributed by atoms with Gasteiger partial charge in [0.25, 0.3) is 0 Å². The van der Waals surface area contributed by atoms with Crippen molar-refractivity contribution < 1.29 is 14.5 Å². The number of nitrogens with one attached hydrogen (secondary N) is 2. The summed E-state index contributed by atoms with van der Waals surface area (Å²) in [5.74, 6) is 1.81. The van der Waals surface area contributed by atoms with Gasteiger partial charge in [0.2, 0.25) is 5.82 Å². The Morgan fingerprint density at radius 3 is 2.48 bits per heavy atom. The zero-order valence-corrected chi connectivity index (χ0v) is 17.2. The summed E-state index contributed by atoms with van der Waals surface area (Å²) < 4.78 is 7.68. The number of rotatable bonds is 7. The molecule has 0 amide bonds. The van der Waals surface area contributed by atoms with Crippen LogP contribution < -0.4 is 14.5 Å². The van der Waals surface area contributed by atoms with Crippen molar-refractivity contribution in [3.05, 3.63) is 71.5 Å². The third-order valence-corrected chi connectivity index (χ3v) is 5.88. The molecule has 0 saturated carbocycles. The van der Waals surface area contributed by atoms with Gasteiger partial charge < -0.3 is 14.5 Å². The molecular formula is C22H30N6O+2. The lowest BCUT2D eigenvalue weighted by Crippen LogP contribution is -3.27. The summed E-state index contributed by atoms with van der Waals surface area (Å²) in [6.07, 6.45) is 0.903. The van der Waals surface area contributed by atoms with Crippen molar-refractivity contribution in [2.75, 3.05) is 40.3 Å². The SMILES string of the molecule is COc1ccccc1[C@H](c1nnnn1CCc1ccccc1)[NH+]1CC[NH+](C)CC1. The quantitative estimate of drug-likeness (QED) is 0.563. The molecule has 2 N–H and O–H groups in total. The summed E-state index contributed by atoms with van der Waals surface area (Å²) in [7, 11) is 4.00. The maximum Gasteiger partial charge on any atom is 0.214 e. The molecule has 0 bridgehead atoms. The van der Waals surface area contributed by atoms with Crippen LogP contribution >= 0.6 is 0 Å². The van der Waals surface area contributed by atoms with Gasteiger partial charge in [-0.3, -0.25) is 0 Å². The van der Waals surface area contributed by atoms with Crippen LogP contribution in [0.1, 0.15) is 23.0 Å². The maximum atomic E-state index is 5.71. The molecule has 1 aliphatic rings. The number of piperazine rings is 1. The molecule has 152 valence electrons. The highest BCUT2D eigenvalue weighted by Gasteiger charge is 2.36. The Morgan fingerprint density at radius 1 is 1.00 bits per heavy atom. The molecule has 0 unspecified atom stereocenters. The van der Waals surface area contributed by atoms with Crippen LogP contribution in [0, 0.1) is 0 Å². The lowest BCUT2D eigenvalue weighted by atomic mass is 10.0. The molecule has 2 aromatic carbocycles. The monoisotopic (exact) mass is 394 g/mol. The second-order valence-electron chi connectivity index (χ2n) is 7.79. The predicted octanol–water partition coefficient (Wildman–Crippen LogP) is -0.573. The van der Waals surface area contributed by atoms with Gasteiger partial charge in [0, 0.05) is 6.54 Å². The van der Waals surface area contributed by atoms with Crippen molar-refractivity contribution in [2.24, 2.45) is 0 Å². The number of likely N-dealkylation sites (N-methyl/N-ethyl adjacent to an activating group) is 1. The van der Waals surface area contributed by atoms with E-state index in [1.54, 1.807) is 12.0 Å². The standard InChI is InChI=1S/C22H28N6O/c1-26-14-16-27(17-15-26)21(19-10-6-7-11-20(19)29-2)22-23-24-25-28(22)13-12-18-8-4-3-5-9-18/h3-11,21H,12-17H2,1-2H3/p+2/t21-/m1/s1. The van der Waals surface area contributed by atoms with Crippen LogP contribution in [0.25, 0.3) is 0 Å². The molecule has 1 aliphatic heterocycles. The number of tetrazole rings is 1. The summed E-state index contributed by atoms with van der Waals surface area (Å²) in [6.45, 7) is 5.22. The number of aryl methyl sites for hydroxylation is 2. The predicted molar refractivity (Wildman–Crippen MR) is 110 cm³/mol. The van der Waals surface area contributed by atoms with Crippen molar-refractivity contribution in [1.29, 1.82) is 0 Å². The van der Waals surface area contributed by atoms with E-state index in [1.165, 1.54) is 10.5 Å². The van der Waals surface area contributed by atoms with Crippen LogP contribution in [0.2, 0.25) is 0 Å². The summed E-state index contributed by atoms with van der Waals surface area (Å²) in [5.41, 5.74) is 2.44. The number of hydrogen-bond acceptors (Lipinski definition) is 4. The number of quaternary nitrogens is 2. The van der Waals surface area contributed by atoms with Gasteiger partial charge in [-0.2, -0.15) is 0 Å². The van der Waals surface area contributed by atoms with Gasteiger partial charge in [-0.1, -0.05) is 42.5 Å². The Kier molecular flexibility index (Phi) is 6.17. The van der Waals surface area contributed by atoms with Crippen LogP contribution in [0.15, 0.2) is 54.6 Å². The van der Waals surface area contributed by atoms with E-state index in [0.717, 1.165) is 56.3 Å². The van der Waals surface area contributed by atoms with Crippen LogP contribution in [-0.2, 0) is 13.0 Å². The first-order valence-corrected chi connectivity index (χ1v) is 10.3. The van der Waals surface area contributed by atoms with E-state index in [9.17, 15) is 0 Å². The van der Waals surface area contributed by atoms with Gasteiger partial charge in [-0.25, -0.2) is 4.68 Å².